The summed E-state index contributed by atoms with van der Waals surface area (Å²) in [5.74, 6) is -1.35. The fourth-order valence-corrected chi connectivity index (χ4v) is 8.18. The highest BCUT2D eigenvalue weighted by atomic mass is 35.5. The van der Waals surface area contributed by atoms with Gasteiger partial charge in [-0.1, -0.05) is 96.5 Å². The molecule has 5 N–H and O–H groups in total. The Hall–Kier alpha value is -6.25. The predicted molar refractivity (Wildman–Crippen MR) is 234 cm³/mol. The van der Waals surface area contributed by atoms with Crippen LogP contribution in [0.3, 0.4) is 0 Å². The lowest BCUT2D eigenvalue weighted by molar-refractivity contribution is -0.140. The second kappa shape index (κ2) is 21.0. The normalized spacial score (nSPS) is 17.6. The Morgan fingerprint density at radius 2 is 1.48 bits per heavy atom. The third kappa shape index (κ3) is 11.8. The van der Waals surface area contributed by atoms with Gasteiger partial charge in [-0.25, -0.2) is 9.78 Å². The first-order valence-corrected chi connectivity index (χ1v) is 21.4. The van der Waals surface area contributed by atoms with Crippen molar-refractivity contribution in [3.63, 3.8) is 0 Å². The SMILES string of the molecule is N=C(N)N1CCC(CCC(NC(=O)[C@@H]2C[C@@H](OCc3ccc(Cl)cc3)CN2C(=O)[C@@H](CCc2ccccc2)NC(=O)OCc2ccccc2)C(=O)c2nc3ccccc3o2)CC1. The van der Waals surface area contributed by atoms with Gasteiger partial charge in [0, 0.05) is 31.1 Å². The Balaban J connectivity index is 1.12. The van der Waals surface area contributed by atoms with Gasteiger partial charge in [-0.2, -0.15) is 0 Å². The van der Waals surface area contributed by atoms with E-state index in [1.54, 1.807) is 36.4 Å². The lowest BCUT2D eigenvalue weighted by atomic mass is 9.89. The van der Waals surface area contributed by atoms with E-state index in [2.05, 4.69) is 15.6 Å². The molecule has 15 heteroatoms. The van der Waals surface area contributed by atoms with Crippen LogP contribution in [-0.4, -0.2) is 88.3 Å². The van der Waals surface area contributed by atoms with Gasteiger partial charge in [0.15, 0.2) is 11.5 Å². The van der Waals surface area contributed by atoms with Gasteiger partial charge in [-0.15, -0.1) is 0 Å². The number of carbonyl (C=O) groups is 4. The van der Waals surface area contributed by atoms with Gasteiger partial charge in [0.05, 0.1) is 18.8 Å². The molecule has 2 aliphatic rings. The number of aromatic nitrogens is 1. The van der Waals surface area contributed by atoms with Gasteiger partial charge in [-0.05, 0) is 85.4 Å². The van der Waals surface area contributed by atoms with Crippen LogP contribution in [-0.2, 0) is 38.7 Å². The summed E-state index contributed by atoms with van der Waals surface area (Å²) in [6.07, 6.45) is 1.97. The highest BCUT2D eigenvalue weighted by Gasteiger charge is 2.44. The third-order valence-electron chi connectivity index (χ3n) is 11.6. The molecule has 4 atom stereocenters. The van der Waals surface area contributed by atoms with Crippen LogP contribution in [0.25, 0.3) is 11.1 Å². The summed E-state index contributed by atoms with van der Waals surface area (Å²) in [6.45, 7) is 1.54. The summed E-state index contributed by atoms with van der Waals surface area (Å²) >= 11 is 6.12. The Morgan fingerprint density at radius 1 is 0.823 bits per heavy atom. The second-order valence-electron chi connectivity index (χ2n) is 15.9. The topological polar surface area (TPSA) is 193 Å². The van der Waals surface area contributed by atoms with Gasteiger partial charge in [0.1, 0.15) is 24.2 Å². The zero-order chi connectivity index (χ0) is 43.4. The van der Waals surface area contributed by atoms with Crippen molar-refractivity contribution in [1.82, 2.24) is 25.4 Å². The van der Waals surface area contributed by atoms with Crippen LogP contribution in [0.15, 0.2) is 114 Å². The van der Waals surface area contributed by atoms with Crippen molar-refractivity contribution >= 4 is 52.4 Å². The average molecular weight is 862 g/mol. The van der Waals surface area contributed by atoms with Crippen LogP contribution < -0.4 is 16.4 Å². The summed E-state index contributed by atoms with van der Waals surface area (Å²) in [5.41, 5.74) is 9.32. The molecule has 3 heterocycles. The Labute approximate surface area is 365 Å². The van der Waals surface area contributed by atoms with Gasteiger partial charge >= 0.3 is 6.09 Å². The maximum Gasteiger partial charge on any atom is 0.408 e. The van der Waals surface area contributed by atoms with Gasteiger partial charge < -0.3 is 40.1 Å². The number of hydrogen-bond acceptors (Lipinski definition) is 9. The first-order valence-electron chi connectivity index (χ1n) is 21.1. The van der Waals surface area contributed by atoms with Crippen molar-refractivity contribution in [2.45, 2.75) is 82.4 Å². The van der Waals surface area contributed by atoms with E-state index in [9.17, 15) is 19.2 Å². The molecular weight excluding hydrogens is 810 g/mol. The third-order valence-corrected chi connectivity index (χ3v) is 11.8. The monoisotopic (exact) mass is 861 g/mol. The number of nitrogens with one attached hydrogen (secondary N) is 3. The van der Waals surface area contributed by atoms with Crippen LogP contribution >= 0.6 is 11.6 Å². The predicted octanol–water partition coefficient (Wildman–Crippen LogP) is 6.65. The number of alkyl carbamates (subject to hydrolysis) is 1. The molecule has 2 saturated heterocycles. The van der Waals surface area contributed by atoms with E-state index in [0.717, 1.165) is 29.5 Å². The largest absolute Gasteiger partial charge is 0.445 e. The fourth-order valence-electron chi connectivity index (χ4n) is 8.05. The number of aryl methyl sites for hydroxylation is 1. The van der Waals surface area contributed by atoms with Gasteiger partial charge in [0.2, 0.25) is 17.6 Å². The second-order valence-corrected chi connectivity index (χ2v) is 16.3. The molecule has 0 spiro atoms. The molecule has 1 aromatic heterocycles. The van der Waals surface area contributed by atoms with Crippen LogP contribution in [0.5, 0.6) is 0 Å². The molecule has 5 aromatic rings. The van der Waals surface area contributed by atoms with Crippen molar-refractivity contribution in [2.24, 2.45) is 11.7 Å². The maximum atomic E-state index is 14.8. The van der Waals surface area contributed by atoms with E-state index >= 15 is 0 Å². The van der Waals surface area contributed by atoms with Crippen LogP contribution in [0.2, 0.25) is 5.02 Å². The number of rotatable bonds is 17. The number of para-hydroxylation sites is 2. The molecule has 14 nitrogen and oxygen atoms in total. The molecule has 0 saturated carbocycles. The number of ketones is 1. The highest BCUT2D eigenvalue weighted by molar-refractivity contribution is 6.30. The van der Waals surface area contributed by atoms with Crippen LogP contribution in [0, 0.1) is 11.3 Å². The molecular formula is C47H52ClN7O7. The Kier molecular flexibility index (Phi) is 14.9. The van der Waals surface area contributed by atoms with Crippen LogP contribution in [0.1, 0.15) is 65.9 Å². The zero-order valence-electron chi connectivity index (χ0n) is 34.4. The van der Waals surface area contributed by atoms with Crippen molar-refractivity contribution < 1.29 is 33.1 Å². The lowest BCUT2D eigenvalue weighted by Gasteiger charge is -2.33. The number of Topliss-reactive ketones (excluding diaryl/α,β-unsaturated/α-hetero) is 1. The number of carbonyl (C=O) groups excluding carboxylic acids is 4. The summed E-state index contributed by atoms with van der Waals surface area (Å²) in [7, 11) is 0. The maximum absolute atomic E-state index is 14.8. The van der Waals surface area contributed by atoms with E-state index in [-0.39, 0.29) is 50.4 Å². The average Bonchev–Trinajstić information content (AvgIpc) is 3.94. The number of halogens is 1. The number of nitrogens with zero attached hydrogens (tertiary/aromatic N) is 3. The number of ether oxygens (including phenoxy) is 2. The molecule has 0 bridgehead atoms. The zero-order valence-corrected chi connectivity index (χ0v) is 35.2. The Morgan fingerprint density at radius 3 is 2.18 bits per heavy atom. The van der Waals surface area contributed by atoms with E-state index in [0.29, 0.717) is 48.5 Å². The van der Waals surface area contributed by atoms with Crippen molar-refractivity contribution in [1.29, 1.82) is 5.41 Å². The molecule has 7 rings (SSSR count). The van der Waals surface area contributed by atoms with Crippen molar-refractivity contribution in [3.8, 4) is 0 Å². The summed E-state index contributed by atoms with van der Waals surface area (Å²) in [6, 6.07) is 30.0. The number of fused-ring (bicyclic) bond motifs is 1. The molecule has 62 heavy (non-hydrogen) atoms. The quantitative estimate of drug-likeness (QED) is 0.0447. The number of amides is 3. The fraction of sp³-hybridized carbons (Fsp3) is 0.362. The summed E-state index contributed by atoms with van der Waals surface area (Å²) in [5, 5.41) is 14.2. The van der Waals surface area contributed by atoms with E-state index in [1.807, 2.05) is 77.7 Å². The summed E-state index contributed by atoms with van der Waals surface area (Å²) in [4.78, 5) is 64.7. The number of nitrogens with two attached hydrogens (primary N) is 1. The van der Waals surface area contributed by atoms with Crippen LogP contribution in [0.4, 0.5) is 4.79 Å². The molecule has 324 valence electrons. The minimum absolute atomic E-state index is 0.00692. The minimum Gasteiger partial charge on any atom is -0.445 e. The van der Waals surface area contributed by atoms with E-state index in [4.69, 9.17) is 36.6 Å². The van der Waals surface area contributed by atoms with E-state index in [1.165, 1.54) is 4.90 Å². The Bertz CT molecular complexity index is 2270. The van der Waals surface area contributed by atoms with Crippen molar-refractivity contribution in [3.05, 3.63) is 137 Å². The number of oxazole rings is 1. The smallest absolute Gasteiger partial charge is 0.408 e. The number of guanidine groups is 1. The van der Waals surface area contributed by atoms with Crippen molar-refractivity contribution in [2.75, 3.05) is 19.6 Å². The van der Waals surface area contributed by atoms with E-state index < -0.39 is 47.9 Å². The molecule has 0 aliphatic carbocycles. The highest BCUT2D eigenvalue weighted by Crippen LogP contribution is 2.27. The molecule has 3 amide bonds. The number of likely N-dealkylation sites (tertiary alicyclic amines) is 2. The first kappa shape index (κ1) is 43.8. The number of piperidine rings is 1. The standard InChI is InChI=1S/C47H52ClN7O7/c48-35-19-15-34(16-20-35)29-60-36-27-40(55(28-36)45(58)39(22-18-31-9-3-1-4-10-31)53-47(59)61-30-33-11-5-2-6-12-33)43(57)51-38(21-17-32-23-25-54(26-24-32)46(49)50)42(56)44-52-37-13-7-8-14-41(37)62-44/h1-16,19-20,32,36,38-40H,17-18,21-30H2,(H3,49,50)(H,51,57)(H,53,59)/t36-,38?,39-,40+/m1/s1. The van der Waals surface area contributed by atoms with Gasteiger partial charge in [0.25, 0.3) is 5.89 Å². The summed E-state index contributed by atoms with van der Waals surface area (Å²) < 4.78 is 17.8. The molecule has 2 fully saturated rings. The molecule has 4 aromatic carbocycles. The molecule has 1 unspecified atom stereocenters. The first-order chi connectivity index (χ1) is 30.1. The number of benzene rings is 4. The van der Waals surface area contributed by atoms with Gasteiger partial charge in [-0.3, -0.25) is 19.8 Å². The number of hydrogen-bond donors (Lipinski definition) is 4. The molecule has 2 aliphatic heterocycles. The molecule has 0 radical (unpaired) electrons. The minimum atomic E-state index is -1.05. The lowest BCUT2D eigenvalue weighted by Crippen LogP contribution is -2.55.